The van der Waals surface area contributed by atoms with Crippen LogP contribution in [-0.4, -0.2) is 13.4 Å². The zero-order chi connectivity index (χ0) is 9.23. The Morgan fingerprint density at radius 3 is 2.25 bits per heavy atom. The van der Waals surface area contributed by atoms with E-state index in [0.717, 1.165) is 6.42 Å². The van der Waals surface area contributed by atoms with Crippen LogP contribution in [0.25, 0.3) is 0 Å². The van der Waals surface area contributed by atoms with Crippen LogP contribution in [0, 0.1) is 0 Å². The quantitative estimate of drug-likeness (QED) is 0.409. The van der Waals surface area contributed by atoms with E-state index in [1.54, 1.807) is 0 Å². The molecule has 1 radical (unpaired) electrons. The van der Waals surface area contributed by atoms with E-state index >= 15 is 0 Å². The molecule has 1 unspecified atom stereocenters. The summed E-state index contributed by atoms with van der Waals surface area (Å²) < 4.78 is 4.62. The maximum absolute atomic E-state index is 10.8. The number of hydrogen-bond acceptors (Lipinski definition) is 1. The van der Waals surface area contributed by atoms with Gasteiger partial charge < -0.3 is 4.74 Å². The average Bonchev–Trinajstić information content (AvgIpc) is 2.10. The lowest BCUT2D eigenvalue weighted by molar-refractivity contribution is -0.123. The van der Waals surface area contributed by atoms with Gasteiger partial charge in [0.15, 0.2) is 6.29 Å². The molecular formula is C10H21O2. The number of methoxy groups -OCH3 is 1. The van der Waals surface area contributed by atoms with E-state index in [0.29, 0.717) is 6.42 Å². The minimum absolute atomic E-state index is 0.669. The van der Waals surface area contributed by atoms with Crippen LogP contribution in [0.4, 0.5) is 0 Å². The Kier molecular flexibility index (Phi) is 8.95. The van der Waals surface area contributed by atoms with Crippen LogP contribution in [-0.2, 0) is 9.84 Å². The van der Waals surface area contributed by atoms with Crippen LogP contribution in [0.1, 0.15) is 51.9 Å². The Bertz CT molecular complexity index is 83.9. The van der Waals surface area contributed by atoms with Gasteiger partial charge in [0.2, 0.25) is 0 Å². The first-order chi connectivity index (χ1) is 5.81. The highest BCUT2D eigenvalue weighted by Gasteiger charge is 2.01. The second-order valence-corrected chi connectivity index (χ2v) is 3.22. The average molecular weight is 173 g/mol. The van der Waals surface area contributed by atoms with Gasteiger partial charge in [-0.3, -0.25) is 0 Å². The standard InChI is InChI=1S/C10H21O2/c1-3-4-5-6-7-8-9-10(11)12-2/h10H,3-9H2,1-2H3. The summed E-state index contributed by atoms with van der Waals surface area (Å²) in [6.07, 6.45) is 7.26. The lowest BCUT2D eigenvalue weighted by Crippen LogP contribution is -2.05. The van der Waals surface area contributed by atoms with Crippen LogP contribution >= 0.6 is 0 Å². The highest BCUT2D eigenvalue weighted by molar-refractivity contribution is 4.46. The van der Waals surface area contributed by atoms with Crippen molar-refractivity contribution in [3.05, 3.63) is 0 Å². The molecule has 0 spiro atoms. The molecule has 0 saturated carbocycles. The molecule has 0 heterocycles. The largest absolute Gasteiger partial charge is 0.353 e. The van der Waals surface area contributed by atoms with Crippen molar-refractivity contribution >= 4 is 0 Å². The van der Waals surface area contributed by atoms with Gasteiger partial charge in [-0.2, -0.15) is 0 Å². The first kappa shape index (κ1) is 11.9. The monoisotopic (exact) mass is 173 g/mol. The summed E-state index contributed by atoms with van der Waals surface area (Å²) >= 11 is 0. The number of rotatable bonds is 8. The van der Waals surface area contributed by atoms with Crippen molar-refractivity contribution in [1.82, 2.24) is 0 Å². The van der Waals surface area contributed by atoms with E-state index in [4.69, 9.17) is 0 Å². The predicted octanol–water partition coefficient (Wildman–Crippen LogP) is 3.14. The van der Waals surface area contributed by atoms with Crippen molar-refractivity contribution in [2.24, 2.45) is 0 Å². The zero-order valence-electron chi connectivity index (χ0n) is 8.34. The van der Waals surface area contributed by atoms with E-state index in [1.165, 1.54) is 39.2 Å². The molecule has 0 fully saturated rings. The van der Waals surface area contributed by atoms with E-state index in [1.807, 2.05) is 0 Å². The summed E-state index contributed by atoms with van der Waals surface area (Å²) in [4.78, 5) is 0. The molecule has 1 atom stereocenters. The van der Waals surface area contributed by atoms with E-state index in [-0.39, 0.29) is 0 Å². The molecule has 0 aliphatic heterocycles. The van der Waals surface area contributed by atoms with Crippen LogP contribution in [0.3, 0.4) is 0 Å². The van der Waals surface area contributed by atoms with Gasteiger partial charge in [-0.15, -0.1) is 0 Å². The lowest BCUT2D eigenvalue weighted by Gasteiger charge is -2.04. The fourth-order valence-electron chi connectivity index (χ4n) is 1.21. The minimum atomic E-state index is -0.795. The molecular weight excluding hydrogens is 152 g/mol. The summed E-state index contributed by atoms with van der Waals surface area (Å²) in [5.74, 6) is 0. The number of ether oxygens (including phenoxy) is 1. The van der Waals surface area contributed by atoms with Crippen molar-refractivity contribution in [1.29, 1.82) is 0 Å². The highest BCUT2D eigenvalue weighted by atomic mass is 16.6. The Balaban J connectivity index is 2.90. The molecule has 0 saturated heterocycles. The van der Waals surface area contributed by atoms with Crippen LogP contribution in [0.15, 0.2) is 0 Å². The van der Waals surface area contributed by atoms with Gasteiger partial charge >= 0.3 is 0 Å². The SMILES string of the molecule is CCCCCCCCC([O])OC. The smallest absolute Gasteiger partial charge is 0.190 e. The van der Waals surface area contributed by atoms with Crippen molar-refractivity contribution < 1.29 is 9.84 Å². The first-order valence-corrected chi connectivity index (χ1v) is 5.00. The van der Waals surface area contributed by atoms with Gasteiger partial charge in [0.1, 0.15) is 0 Å². The molecule has 0 rings (SSSR count). The third-order valence-corrected chi connectivity index (χ3v) is 2.06. The second kappa shape index (κ2) is 9.01. The molecule has 0 amide bonds. The third-order valence-electron chi connectivity index (χ3n) is 2.06. The maximum atomic E-state index is 10.8. The molecule has 0 N–H and O–H groups in total. The molecule has 73 valence electrons. The minimum Gasteiger partial charge on any atom is -0.353 e. The molecule has 0 aromatic heterocycles. The van der Waals surface area contributed by atoms with Gasteiger partial charge in [-0.05, 0) is 6.42 Å². The van der Waals surface area contributed by atoms with Gasteiger partial charge in [-0.25, -0.2) is 5.11 Å². The molecule has 0 aromatic carbocycles. The van der Waals surface area contributed by atoms with Gasteiger partial charge in [0.25, 0.3) is 0 Å². The second-order valence-electron chi connectivity index (χ2n) is 3.22. The maximum Gasteiger partial charge on any atom is 0.190 e. The Morgan fingerprint density at radius 2 is 1.67 bits per heavy atom. The number of hydrogen-bond donors (Lipinski definition) is 0. The van der Waals surface area contributed by atoms with Crippen LogP contribution < -0.4 is 0 Å². The number of unbranched alkanes of at least 4 members (excludes halogenated alkanes) is 5. The first-order valence-electron chi connectivity index (χ1n) is 5.00. The van der Waals surface area contributed by atoms with Gasteiger partial charge in [-0.1, -0.05) is 39.0 Å². The van der Waals surface area contributed by atoms with E-state index in [2.05, 4.69) is 11.7 Å². The molecule has 0 aliphatic carbocycles. The van der Waals surface area contributed by atoms with Crippen LogP contribution in [0.2, 0.25) is 0 Å². The Morgan fingerprint density at radius 1 is 1.08 bits per heavy atom. The molecule has 2 heteroatoms. The summed E-state index contributed by atoms with van der Waals surface area (Å²) in [5, 5.41) is 10.8. The summed E-state index contributed by atoms with van der Waals surface area (Å²) in [6.45, 7) is 2.21. The lowest BCUT2D eigenvalue weighted by atomic mass is 10.1. The third kappa shape index (κ3) is 8.02. The van der Waals surface area contributed by atoms with E-state index < -0.39 is 6.29 Å². The molecule has 0 aromatic rings. The topological polar surface area (TPSA) is 29.1 Å². The van der Waals surface area contributed by atoms with E-state index in [9.17, 15) is 5.11 Å². The molecule has 0 bridgehead atoms. The van der Waals surface area contributed by atoms with Gasteiger partial charge in [0.05, 0.1) is 0 Å². The van der Waals surface area contributed by atoms with Crippen molar-refractivity contribution in [2.45, 2.75) is 58.2 Å². The fraction of sp³-hybridized carbons (Fsp3) is 1.00. The van der Waals surface area contributed by atoms with Crippen LogP contribution in [0.5, 0.6) is 0 Å². The molecule has 2 nitrogen and oxygen atoms in total. The summed E-state index contributed by atoms with van der Waals surface area (Å²) in [6, 6.07) is 0. The Labute approximate surface area is 75.9 Å². The van der Waals surface area contributed by atoms with Crippen molar-refractivity contribution in [2.75, 3.05) is 7.11 Å². The van der Waals surface area contributed by atoms with Gasteiger partial charge in [0, 0.05) is 13.5 Å². The van der Waals surface area contributed by atoms with Crippen molar-refractivity contribution in [3.8, 4) is 0 Å². The molecule has 12 heavy (non-hydrogen) atoms. The highest BCUT2D eigenvalue weighted by Crippen LogP contribution is 2.08. The Hall–Kier alpha value is -0.0800. The normalized spacial score (nSPS) is 13.2. The zero-order valence-corrected chi connectivity index (χ0v) is 8.34. The predicted molar refractivity (Wildman–Crippen MR) is 49.5 cm³/mol. The molecule has 0 aliphatic rings. The summed E-state index contributed by atoms with van der Waals surface area (Å²) in [7, 11) is 1.48. The fourth-order valence-corrected chi connectivity index (χ4v) is 1.21. The summed E-state index contributed by atoms with van der Waals surface area (Å²) in [5.41, 5.74) is 0. The van der Waals surface area contributed by atoms with Crippen molar-refractivity contribution in [3.63, 3.8) is 0 Å².